The summed E-state index contributed by atoms with van der Waals surface area (Å²) in [6.07, 6.45) is 4.82. The Balaban J connectivity index is 0.00000257. The van der Waals surface area contributed by atoms with Gasteiger partial charge < -0.3 is 24.4 Å². The Morgan fingerprint density at radius 1 is 1.13 bits per heavy atom. The number of amides is 3. The summed E-state index contributed by atoms with van der Waals surface area (Å²) in [5.74, 6) is -3.95. The van der Waals surface area contributed by atoms with Gasteiger partial charge in [0, 0.05) is 44.7 Å². The van der Waals surface area contributed by atoms with Crippen LogP contribution in [0.1, 0.15) is 99.5 Å². The first kappa shape index (κ1) is 40.4. The van der Waals surface area contributed by atoms with E-state index in [-0.39, 0.29) is 49.0 Å². The van der Waals surface area contributed by atoms with Crippen LogP contribution in [0.2, 0.25) is 0 Å². The molecular weight excluding hydrogens is 663 g/mol. The minimum atomic E-state index is -2.77. The monoisotopic (exact) mass is 725 g/mol. The number of benzene rings is 1. The van der Waals surface area contributed by atoms with E-state index >= 15 is 0 Å². The van der Waals surface area contributed by atoms with Crippen molar-refractivity contribution < 1.29 is 27.7 Å². The van der Waals surface area contributed by atoms with Gasteiger partial charge in [-0.3, -0.25) is 9.69 Å². The largest absolute Gasteiger partial charge is 0.482 e. The first-order valence-electron chi connectivity index (χ1n) is 19.7. The smallest absolute Gasteiger partial charge is 0.404 e. The Labute approximate surface area is 311 Å². The summed E-state index contributed by atoms with van der Waals surface area (Å²) in [6.45, 7) is 17.0. The number of urea groups is 1. The van der Waals surface area contributed by atoms with E-state index in [1.165, 1.54) is 0 Å². The molecule has 3 saturated heterocycles. The Morgan fingerprint density at radius 3 is 2.44 bits per heavy atom. The van der Waals surface area contributed by atoms with Crippen LogP contribution in [-0.2, 0) is 20.5 Å². The maximum absolute atomic E-state index is 14.1. The van der Waals surface area contributed by atoms with Crippen molar-refractivity contribution in [2.45, 2.75) is 135 Å². The van der Waals surface area contributed by atoms with Crippen LogP contribution in [0, 0.1) is 40.4 Å². The first-order valence-corrected chi connectivity index (χ1v) is 19.7. The van der Waals surface area contributed by atoms with Crippen LogP contribution >= 0.6 is 0 Å². The molecule has 3 aliphatic heterocycles. The second-order valence-electron chi connectivity index (χ2n) is 17.2. The number of carbonyl (C=O) groups is 2. The van der Waals surface area contributed by atoms with E-state index in [2.05, 4.69) is 32.2 Å². The molecular formula is C40H62BF2N5O4. The molecule has 2 bridgehead atoms. The fourth-order valence-corrected chi connectivity index (χ4v) is 9.79. The number of nitrogens with one attached hydrogen (secondary N) is 1. The van der Waals surface area contributed by atoms with Gasteiger partial charge in [-0.05, 0) is 88.0 Å². The number of rotatable bonds is 10. The highest BCUT2D eigenvalue weighted by molar-refractivity contribution is 6.48. The maximum atomic E-state index is 14.1. The van der Waals surface area contributed by atoms with Crippen molar-refractivity contribution >= 4 is 19.1 Å². The summed E-state index contributed by atoms with van der Waals surface area (Å²) < 4.78 is 41.7. The predicted octanol–water partition coefficient (Wildman–Crippen LogP) is 6.81. The Morgan fingerprint density at radius 2 is 1.83 bits per heavy atom. The van der Waals surface area contributed by atoms with Crippen LogP contribution in [0.3, 0.4) is 0 Å². The topological polar surface area (TPSA) is 98.1 Å². The molecule has 7 unspecified atom stereocenters. The summed E-state index contributed by atoms with van der Waals surface area (Å²) >= 11 is 0. The molecule has 3 amide bonds. The van der Waals surface area contributed by atoms with E-state index in [9.17, 15) is 23.6 Å². The summed E-state index contributed by atoms with van der Waals surface area (Å²) in [5.41, 5.74) is 0.0851. The number of halogens is 2. The zero-order valence-electron chi connectivity index (χ0n) is 33.0. The predicted molar refractivity (Wildman–Crippen MR) is 199 cm³/mol. The Kier molecular flexibility index (Phi) is 12.1. The van der Waals surface area contributed by atoms with Gasteiger partial charge in [0.15, 0.2) is 0 Å². The van der Waals surface area contributed by atoms with E-state index in [1.54, 1.807) is 21.7 Å². The molecule has 1 aromatic carbocycles. The van der Waals surface area contributed by atoms with E-state index in [1.807, 2.05) is 65.0 Å². The summed E-state index contributed by atoms with van der Waals surface area (Å²) in [5, 5.41) is 13.5. The van der Waals surface area contributed by atoms with Gasteiger partial charge in [-0.15, -0.1) is 0 Å². The van der Waals surface area contributed by atoms with E-state index in [0.29, 0.717) is 37.8 Å². The number of piperidine rings is 1. The normalized spacial score (nSPS) is 30.8. The standard InChI is InChI=1S/C38H56BF2N5O4.C2H6/c1-25(36(4,5)45-18-16-38(40,41)24-45)29(22-42)33(47)46-17-12-11-15-28(46)23-44(7)34(48)43-32(19-26-13-9-8-10-14-26)39-49-31-21-27-20-30(35(27,2)3)37(31,6)50-39;1-2/h8-10,13-14,25,27-32H,11-12,15-21,23-24H2,1-7H3,(H,43,48);1-2H3/t25?,27?,28?,29?,30?,31?,32?,37-;/m0./s1. The fourth-order valence-electron chi connectivity index (χ4n) is 9.79. The number of likely N-dealkylation sites (N-methyl/N-ethyl adjacent to an activating group) is 1. The summed E-state index contributed by atoms with van der Waals surface area (Å²) in [6, 6.07) is 11.7. The number of hydrogen-bond donors (Lipinski definition) is 1. The van der Waals surface area contributed by atoms with Gasteiger partial charge in [0.05, 0.1) is 30.3 Å². The van der Waals surface area contributed by atoms with Crippen LogP contribution in [0.5, 0.6) is 0 Å². The molecule has 0 aromatic heterocycles. The first-order chi connectivity index (χ1) is 24.5. The van der Waals surface area contributed by atoms with E-state index < -0.39 is 42.0 Å². The third-order valence-corrected chi connectivity index (χ3v) is 13.7. The molecule has 1 aromatic rings. The van der Waals surface area contributed by atoms with Crippen LogP contribution in [0.15, 0.2) is 30.3 Å². The zero-order valence-corrected chi connectivity index (χ0v) is 33.0. The number of alkyl halides is 2. The molecule has 3 heterocycles. The molecule has 6 aliphatic rings. The molecule has 9 nitrogen and oxygen atoms in total. The molecule has 52 heavy (non-hydrogen) atoms. The average molecular weight is 726 g/mol. The number of nitrogens with zero attached hydrogens (tertiary/aromatic N) is 4. The lowest BCUT2D eigenvalue weighted by Crippen LogP contribution is -2.65. The highest BCUT2D eigenvalue weighted by Gasteiger charge is 2.68. The number of likely N-dealkylation sites (tertiary alicyclic amines) is 2. The van der Waals surface area contributed by atoms with Crippen LogP contribution in [0.25, 0.3) is 0 Å². The molecule has 7 rings (SSSR count). The van der Waals surface area contributed by atoms with Gasteiger partial charge in [0.2, 0.25) is 5.91 Å². The lowest BCUT2D eigenvalue weighted by atomic mass is 9.43. The SMILES string of the molecule is CC.CC(C(C#N)C(=O)N1CCCCC1CN(C)C(=O)NC(Cc1ccccc1)B1OC2CC3CC(C3(C)C)[C@]2(C)O1)C(C)(C)N1CCC(F)(F)C1. The van der Waals surface area contributed by atoms with Crippen molar-refractivity contribution in [1.29, 1.82) is 5.26 Å². The maximum Gasteiger partial charge on any atom is 0.482 e. The van der Waals surface area contributed by atoms with Crippen LogP contribution in [0.4, 0.5) is 13.6 Å². The van der Waals surface area contributed by atoms with Crippen molar-refractivity contribution in [3.63, 3.8) is 0 Å². The van der Waals surface area contributed by atoms with Gasteiger partial charge in [-0.1, -0.05) is 65.0 Å². The average Bonchev–Trinajstić information content (AvgIpc) is 3.68. The molecule has 8 atom stereocenters. The van der Waals surface area contributed by atoms with Crippen molar-refractivity contribution in [2.75, 3.05) is 33.2 Å². The van der Waals surface area contributed by atoms with Crippen molar-refractivity contribution in [1.82, 2.24) is 20.0 Å². The molecule has 0 radical (unpaired) electrons. The summed E-state index contributed by atoms with van der Waals surface area (Å²) in [7, 11) is 1.14. The van der Waals surface area contributed by atoms with Crippen molar-refractivity contribution in [2.24, 2.45) is 29.1 Å². The molecule has 288 valence electrons. The highest BCUT2D eigenvalue weighted by Crippen LogP contribution is 2.65. The van der Waals surface area contributed by atoms with Crippen LogP contribution in [-0.4, -0.2) is 102 Å². The van der Waals surface area contributed by atoms with Gasteiger partial charge in [0.25, 0.3) is 5.92 Å². The number of carbonyl (C=O) groups excluding carboxylic acids is 2. The van der Waals surface area contributed by atoms with Gasteiger partial charge in [0.1, 0.15) is 5.92 Å². The lowest BCUT2D eigenvalue weighted by Gasteiger charge is -2.64. The third-order valence-electron chi connectivity index (χ3n) is 13.7. The minimum absolute atomic E-state index is 0.0126. The summed E-state index contributed by atoms with van der Waals surface area (Å²) in [4.78, 5) is 33.1. The molecule has 3 aliphatic carbocycles. The second kappa shape index (κ2) is 15.5. The second-order valence-corrected chi connectivity index (χ2v) is 17.2. The molecule has 12 heteroatoms. The Hall–Kier alpha value is -2.75. The lowest BCUT2D eigenvalue weighted by molar-refractivity contribution is -0.199. The molecule has 3 saturated carbocycles. The molecule has 1 N–H and O–H groups in total. The van der Waals surface area contributed by atoms with Crippen molar-refractivity contribution in [3.05, 3.63) is 35.9 Å². The molecule has 6 fully saturated rings. The quantitative estimate of drug-likeness (QED) is 0.267. The molecule has 0 spiro atoms. The van der Waals surface area contributed by atoms with Gasteiger partial charge in [-0.25, -0.2) is 13.6 Å². The van der Waals surface area contributed by atoms with E-state index in [4.69, 9.17) is 9.31 Å². The van der Waals surface area contributed by atoms with E-state index in [0.717, 1.165) is 31.2 Å². The van der Waals surface area contributed by atoms with Crippen LogP contribution < -0.4 is 5.32 Å². The zero-order chi connectivity index (χ0) is 38.2. The van der Waals surface area contributed by atoms with Crippen molar-refractivity contribution in [3.8, 4) is 6.07 Å². The number of hydrogen-bond acceptors (Lipinski definition) is 6. The minimum Gasteiger partial charge on any atom is -0.404 e. The van der Waals surface area contributed by atoms with Gasteiger partial charge >= 0.3 is 13.1 Å². The number of nitriles is 1. The van der Waals surface area contributed by atoms with Gasteiger partial charge in [-0.2, -0.15) is 5.26 Å². The highest BCUT2D eigenvalue weighted by atomic mass is 19.3. The fraction of sp³-hybridized carbons (Fsp3) is 0.775. The Bertz CT molecular complexity index is 1460. The third kappa shape index (κ3) is 7.74.